The quantitative estimate of drug-likeness (QED) is 0.829. The number of hydrogen-bond acceptors (Lipinski definition) is 2. The Morgan fingerprint density at radius 3 is 2.44 bits per heavy atom. The molecule has 1 saturated heterocycles. The number of piperidine rings is 1. The summed E-state index contributed by atoms with van der Waals surface area (Å²) in [7, 11) is 2.18. The van der Waals surface area contributed by atoms with Crippen LogP contribution in [0.5, 0.6) is 0 Å². The van der Waals surface area contributed by atoms with E-state index in [2.05, 4.69) is 24.2 Å². The lowest BCUT2D eigenvalue weighted by Crippen LogP contribution is -2.44. The van der Waals surface area contributed by atoms with Gasteiger partial charge in [0.2, 0.25) is 5.91 Å². The van der Waals surface area contributed by atoms with Gasteiger partial charge in [-0.05, 0) is 69.5 Å². The summed E-state index contributed by atoms with van der Waals surface area (Å²) in [5.41, 5.74) is 0.323. The number of fused-ring (bicyclic) bond motifs is 1. The Kier molecular flexibility index (Phi) is 3.13. The minimum Gasteiger partial charge on any atom is -0.355 e. The number of rotatable bonds is 3. The number of nitrogens with zero attached hydrogens (tertiary/aromatic N) is 1. The number of nitrogens with one attached hydrogen (secondary N) is 1. The summed E-state index contributed by atoms with van der Waals surface area (Å²) >= 11 is 0. The second-order valence-corrected chi connectivity index (χ2v) is 7.26. The Labute approximate surface area is 110 Å². The van der Waals surface area contributed by atoms with E-state index in [1.54, 1.807) is 0 Å². The summed E-state index contributed by atoms with van der Waals surface area (Å²) in [5.74, 6) is 2.48. The monoisotopic (exact) mass is 250 g/mol. The molecule has 1 aliphatic heterocycles. The van der Waals surface area contributed by atoms with Crippen molar-refractivity contribution >= 4 is 5.91 Å². The van der Waals surface area contributed by atoms with Crippen LogP contribution < -0.4 is 5.32 Å². The SMILES string of the molecule is CN1CCC(C)(CNC(=O)C2CC3CC3C2)CC1. The molecule has 1 N–H and O–H groups in total. The van der Waals surface area contributed by atoms with Gasteiger partial charge in [0.05, 0.1) is 0 Å². The number of likely N-dealkylation sites (tertiary alicyclic amines) is 1. The van der Waals surface area contributed by atoms with Crippen molar-refractivity contribution in [2.24, 2.45) is 23.2 Å². The lowest BCUT2D eigenvalue weighted by atomic mass is 9.80. The number of carbonyl (C=O) groups is 1. The van der Waals surface area contributed by atoms with Crippen LogP contribution in [0.4, 0.5) is 0 Å². The minimum absolute atomic E-state index is 0.323. The highest BCUT2D eigenvalue weighted by atomic mass is 16.1. The van der Waals surface area contributed by atoms with Crippen molar-refractivity contribution in [1.82, 2.24) is 10.2 Å². The van der Waals surface area contributed by atoms with Gasteiger partial charge in [0, 0.05) is 12.5 Å². The van der Waals surface area contributed by atoms with E-state index in [1.165, 1.54) is 32.4 Å². The molecule has 2 atom stereocenters. The molecule has 0 radical (unpaired) electrons. The number of carbonyl (C=O) groups excluding carboxylic acids is 1. The summed E-state index contributed by atoms with van der Waals surface area (Å²) < 4.78 is 0. The van der Waals surface area contributed by atoms with Crippen LogP contribution in [0.2, 0.25) is 0 Å². The Bertz CT molecular complexity index is 323. The number of hydrogen-bond donors (Lipinski definition) is 1. The van der Waals surface area contributed by atoms with E-state index in [9.17, 15) is 4.79 Å². The van der Waals surface area contributed by atoms with Crippen molar-refractivity contribution in [1.29, 1.82) is 0 Å². The van der Waals surface area contributed by atoms with E-state index in [0.717, 1.165) is 31.2 Å². The molecule has 2 saturated carbocycles. The summed E-state index contributed by atoms with van der Waals surface area (Å²) in [6.07, 6.45) is 6.14. The smallest absolute Gasteiger partial charge is 0.223 e. The van der Waals surface area contributed by atoms with Crippen LogP contribution in [0.1, 0.15) is 39.0 Å². The highest BCUT2D eigenvalue weighted by Crippen LogP contribution is 2.54. The molecule has 18 heavy (non-hydrogen) atoms. The van der Waals surface area contributed by atoms with Gasteiger partial charge in [-0.3, -0.25) is 4.79 Å². The van der Waals surface area contributed by atoms with E-state index in [-0.39, 0.29) is 0 Å². The molecule has 0 spiro atoms. The third-order valence-corrected chi connectivity index (χ3v) is 5.50. The Morgan fingerprint density at radius 2 is 1.83 bits per heavy atom. The van der Waals surface area contributed by atoms with E-state index < -0.39 is 0 Å². The fourth-order valence-corrected chi connectivity index (χ4v) is 3.71. The predicted molar refractivity (Wildman–Crippen MR) is 72.2 cm³/mol. The van der Waals surface area contributed by atoms with Crippen molar-refractivity contribution in [3.8, 4) is 0 Å². The fraction of sp³-hybridized carbons (Fsp3) is 0.933. The minimum atomic E-state index is 0.323. The van der Waals surface area contributed by atoms with Crippen molar-refractivity contribution in [3.05, 3.63) is 0 Å². The van der Waals surface area contributed by atoms with E-state index in [4.69, 9.17) is 0 Å². The summed E-state index contributed by atoms with van der Waals surface area (Å²) in [6, 6.07) is 0. The zero-order valence-electron chi connectivity index (χ0n) is 11.7. The molecule has 0 aromatic heterocycles. The first kappa shape index (κ1) is 12.5. The third kappa shape index (κ3) is 2.56. The number of amides is 1. The highest BCUT2D eigenvalue weighted by Gasteiger charge is 2.48. The maximum absolute atomic E-state index is 12.1. The van der Waals surface area contributed by atoms with Crippen LogP contribution in [0.3, 0.4) is 0 Å². The van der Waals surface area contributed by atoms with Gasteiger partial charge in [0.25, 0.3) is 0 Å². The molecular weight excluding hydrogens is 224 g/mol. The largest absolute Gasteiger partial charge is 0.355 e. The highest BCUT2D eigenvalue weighted by molar-refractivity contribution is 5.79. The van der Waals surface area contributed by atoms with Gasteiger partial charge in [-0.15, -0.1) is 0 Å². The maximum Gasteiger partial charge on any atom is 0.223 e. The molecule has 102 valence electrons. The lowest BCUT2D eigenvalue weighted by molar-refractivity contribution is -0.125. The van der Waals surface area contributed by atoms with Gasteiger partial charge in [0.15, 0.2) is 0 Å². The topological polar surface area (TPSA) is 32.3 Å². The van der Waals surface area contributed by atoms with Crippen LogP contribution in [0, 0.1) is 23.2 Å². The lowest BCUT2D eigenvalue weighted by Gasteiger charge is -2.38. The average Bonchev–Trinajstić information content (AvgIpc) is 2.97. The van der Waals surface area contributed by atoms with Crippen LogP contribution in [-0.4, -0.2) is 37.5 Å². The average molecular weight is 250 g/mol. The molecule has 1 heterocycles. The summed E-state index contributed by atoms with van der Waals surface area (Å²) in [4.78, 5) is 14.5. The second kappa shape index (κ2) is 4.52. The van der Waals surface area contributed by atoms with Gasteiger partial charge in [0.1, 0.15) is 0 Å². The fourth-order valence-electron chi connectivity index (χ4n) is 3.71. The molecule has 0 aromatic rings. The Hall–Kier alpha value is -0.570. The first-order valence-electron chi connectivity index (χ1n) is 7.52. The Balaban J connectivity index is 1.44. The van der Waals surface area contributed by atoms with Crippen molar-refractivity contribution < 1.29 is 4.79 Å². The molecule has 0 aromatic carbocycles. The first-order valence-corrected chi connectivity index (χ1v) is 7.52. The maximum atomic E-state index is 12.1. The normalized spacial score (nSPS) is 38.2. The van der Waals surface area contributed by atoms with E-state index in [0.29, 0.717) is 17.2 Å². The third-order valence-electron chi connectivity index (χ3n) is 5.50. The molecule has 3 rings (SSSR count). The van der Waals surface area contributed by atoms with Crippen molar-refractivity contribution in [2.45, 2.75) is 39.0 Å². The van der Waals surface area contributed by atoms with Crippen LogP contribution >= 0.6 is 0 Å². The van der Waals surface area contributed by atoms with Crippen molar-refractivity contribution in [3.63, 3.8) is 0 Å². The molecule has 2 aliphatic carbocycles. The molecule has 0 bridgehead atoms. The van der Waals surface area contributed by atoms with E-state index in [1.807, 2.05) is 0 Å². The van der Waals surface area contributed by atoms with E-state index >= 15 is 0 Å². The Morgan fingerprint density at radius 1 is 1.22 bits per heavy atom. The molecule has 3 aliphatic rings. The van der Waals surface area contributed by atoms with Gasteiger partial charge in [-0.1, -0.05) is 6.92 Å². The van der Waals surface area contributed by atoms with Gasteiger partial charge in [-0.2, -0.15) is 0 Å². The molecule has 3 heteroatoms. The predicted octanol–water partition coefficient (Wildman–Crippen LogP) is 1.88. The van der Waals surface area contributed by atoms with Crippen LogP contribution in [-0.2, 0) is 4.79 Å². The molecule has 3 fully saturated rings. The van der Waals surface area contributed by atoms with Crippen LogP contribution in [0.25, 0.3) is 0 Å². The van der Waals surface area contributed by atoms with Gasteiger partial charge >= 0.3 is 0 Å². The van der Waals surface area contributed by atoms with Gasteiger partial charge in [-0.25, -0.2) is 0 Å². The van der Waals surface area contributed by atoms with Gasteiger partial charge < -0.3 is 10.2 Å². The molecule has 1 amide bonds. The zero-order chi connectivity index (χ0) is 12.8. The van der Waals surface area contributed by atoms with Crippen molar-refractivity contribution in [2.75, 3.05) is 26.7 Å². The van der Waals surface area contributed by atoms with Crippen LogP contribution in [0.15, 0.2) is 0 Å². The molecule has 2 unspecified atom stereocenters. The summed E-state index contributed by atoms with van der Waals surface area (Å²) in [6.45, 7) is 5.54. The second-order valence-electron chi connectivity index (χ2n) is 7.26. The zero-order valence-corrected chi connectivity index (χ0v) is 11.7. The molecule has 3 nitrogen and oxygen atoms in total. The summed E-state index contributed by atoms with van der Waals surface area (Å²) in [5, 5.41) is 3.23. The molecular formula is C15H26N2O. The standard InChI is InChI=1S/C15H26N2O/c1-15(3-5-17(2)6-4-15)10-16-14(18)13-8-11-7-12(11)9-13/h11-13H,3-10H2,1-2H3,(H,16,18). The first-order chi connectivity index (χ1) is 8.56.